The Kier molecular flexibility index (Phi) is 6.37. The van der Waals surface area contributed by atoms with E-state index in [1.54, 1.807) is 4.90 Å². The molecule has 1 atom stereocenters. The van der Waals surface area contributed by atoms with Gasteiger partial charge < -0.3 is 5.32 Å². The van der Waals surface area contributed by atoms with Crippen LogP contribution in [-0.2, 0) is 0 Å². The van der Waals surface area contributed by atoms with Gasteiger partial charge in [-0.3, -0.25) is 4.90 Å². The fourth-order valence-electron chi connectivity index (χ4n) is 2.42. The first kappa shape index (κ1) is 18.1. The molecule has 2 rings (SSSR count). The number of hydrogen-bond donors (Lipinski definition) is 1. The first-order valence-corrected chi connectivity index (χ1v) is 6.33. The maximum Gasteiger partial charge on any atom is 0.390 e. The maximum atomic E-state index is 13.8. The Balaban J connectivity index is 0.00000220. The van der Waals surface area contributed by atoms with Gasteiger partial charge in [0.25, 0.3) is 0 Å². The van der Waals surface area contributed by atoms with E-state index in [1.165, 1.54) is 0 Å². The maximum absolute atomic E-state index is 13.8. The summed E-state index contributed by atoms with van der Waals surface area (Å²) in [6.07, 6.45) is -5.62. The third-order valence-corrected chi connectivity index (χ3v) is 3.33. The van der Waals surface area contributed by atoms with Gasteiger partial charge in [0, 0.05) is 37.8 Å². The van der Waals surface area contributed by atoms with E-state index in [0.717, 1.165) is 18.2 Å². The molecule has 1 aromatic carbocycles. The molecule has 0 aliphatic carbocycles. The quantitative estimate of drug-likeness (QED) is 0.856. The van der Waals surface area contributed by atoms with Crippen molar-refractivity contribution in [3.8, 4) is 0 Å². The molecule has 1 saturated heterocycles. The second-order valence-corrected chi connectivity index (χ2v) is 4.79. The van der Waals surface area contributed by atoms with Crippen LogP contribution in [0.2, 0.25) is 0 Å². The van der Waals surface area contributed by atoms with Crippen LogP contribution in [0.3, 0.4) is 0 Å². The molecule has 1 fully saturated rings. The van der Waals surface area contributed by atoms with Gasteiger partial charge in [0.05, 0.1) is 6.42 Å². The zero-order chi connectivity index (χ0) is 14.8. The molecule has 1 N–H and O–H groups in total. The van der Waals surface area contributed by atoms with Crippen molar-refractivity contribution in [2.45, 2.75) is 18.6 Å². The summed E-state index contributed by atoms with van der Waals surface area (Å²) in [6, 6.07) is 1.44. The Morgan fingerprint density at radius 2 is 1.76 bits per heavy atom. The van der Waals surface area contributed by atoms with E-state index in [9.17, 15) is 22.0 Å². The zero-order valence-corrected chi connectivity index (χ0v) is 11.9. The predicted octanol–water partition coefficient (Wildman–Crippen LogP) is 3.29. The van der Waals surface area contributed by atoms with Gasteiger partial charge in [0.15, 0.2) is 0 Å². The lowest BCUT2D eigenvalue weighted by Gasteiger charge is -2.35. The van der Waals surface area contributed by atoms with Gasteiger partial charge in [0.1, 0.15) is 11.6 Å². The predicted molar refractivity (Wildman–Crippen MR) is 71.5 cm³/mol. The summed E-state index contributed by atoms with van der Waals surface area (Å²) in [5.41, 5.74) is -0.232. The number of rotatable bonds is 3. The second kappa shape index (κ2) is 7.38. The third kappa shape index (κ3) is 5.09. The van der Waals surface area contributed by atoms with Crippen molar-refractivity contribution in [3.05, 3.63) is 35.4 Å². The molecule has 8 heteroatoms. The third-order valence-electron chi connectivity index (χ3n) is 3.33. The van der Waals surface area contributed by atoms with Crippen LogP contribution >= 0.6 is 12.4 Å². The fourth-order valence-corrected chi connectivity index (χ4v) is 2.42. The number of nitrogens with zero attached hydrogens (tertiary/aromatic N) is 1. The number of hydrogen-bond acceptors (Lipinski definition) is 2. The minimum absolute atomic E-state index is 0. The summed E-state index contributed by atoms with van der Waals surface area (Å²) in [4.78, 5) is 1.54. The van der Waals surface area contributed by atoms with Crippen molar-refractivity contribution in [2.75, 3.05) is 26.2 Å². The number of halogens is 6. The molecular weight excluding hydrogens is 315 g/mol. The highest BCUT2D eigenvalue weighted by Crippen LogP contribution is 2.35. The van der Waals surface area contributed by atoms with E-state index in [-0.39, 0.29) is 18.0 Å². The molecule has 0 saturated carbocycles. The van der Waals surface area contributed by atoms with E-state index in [0.29, 0.717) is 26.2 Å². The molecule has 0 bridgehead atoms. The number of piperazine rings is 1. The lowest BCUT2D eigenvalue weighted by Crippen LogP contribution is -2.46. The standard InChI is InChI=1S/C13H15F5N2.ClH/c14-9-1-2-11(15)10(7-9)12(8-13(16,17)18)20-5-3-19-4-6-20;/h1-2,7,12,19H,3-6,8H2;1H/t12-;/m1./s1. The molecule has 0 unspecified atom stereocenters. The molecule has 0 radical (unpaired) electrons. The van der Waals surface area contributed by atoms with Crippen molar-refractivity contribution in [1.82, 2.24) is 10.2 Å². The summed E-state index contributed by atoms with van der Waals surface area (Å²) in [7, 11) is 0. The monoisotopic (exact) mass is 330 g/mol. The smallest absolute Gasteiger partial charge is 0.314 e. The molecule has 1 aromatic rings. The Hall–Kier alpha value is -0.920. The average Bonchev–Trinajstić information content (AvgIpc) is 2.39. The van der Waals surface area contributed by atoms with Crippen LogP contribution < -0.4 is 5.32 Å². The number of alkyl halides is 3. The van der Waals surface area contributed by atoms with Crippen molar-refractivity contribution in [3.63, 3.8) is 0 Å². The highest BCUT2D eigenvalue weighted by atomic mass is 35.5. The SMILES string of the molecule is Cl.Fc1ccc(F)c([C@@H](CC(F)(F)F)N2CCNCC2)c1. The summed E-state index contributed by atoms with van der Waals surface area (Å²) in [6.45, 7) is 1.81. The van der Waals surface area contributed by atoms with Crippen LogP contribution in [-0.4, -0.2) is 37.3 Å². The van der Waals surface area contributed by atoms with E-state index in [1.807, 2.05) is 0 Å². The second-order valence-electron chi connectivity index (χ2n) is 4.79. The van der Waals surface area contributed by atoms with Crippen LogP contribution in [0, 0.1) is 11.6 Å². The normalized spacial score (nSPS) is 18.1. The van der Waals surface area contributed by atoms with Gasteiger partial charge in [-0.2, -0.15) is 13.2 Å². The molecule has 120 valence electrons. The number of benzene rings is 1. The summed E-state index contributed by atoms with van der Waals surface area (Å²) < 4.78 is 65.2. The Morgan fingerprint density at radius 1 is 1.14 bits per heavy atom. The van der Waals surface area contributed by atoms with Gasteiger partial charge >= 0.3 is 6.18 Å². The number of nitrogens with one attached hydrogen (secondary N) is 1. The van der Waals surface area contributed by atoms with Crippen LogP contribution in [0.1, 0.15) is 18.0 Å². The fraction of sp³-hybridized carbons (Fsp3) is 0.538. The van der Waals surface area contributed by atoms with E-state index in [4.69, 9.17) is 0 Å². The lowest BCUT2D eigenvalue weighted by molar-refractivity contribution is -0.149. The Labute approximate surface area is 125 Å². The van der Waals surface area contributed by atoms with Gasteiger partial charge in [-0.05, 0) is 18.2 Å². The minimum Gasteiger partial charge on any atom is -0.314 e. The topological polar surface area (TPSA) is 15.3 Å². The molecule has 0 spiro atoms. The van der Waals surface area contributed by atoms with Crippen molar-refractivity contribution >= 4 is 12.4 Å². The van der Waals surface area contributed by atoms with Gasteiger partial charge in [-0.15, -0.1) is 12.4 Å². The zero-order valence-electron chi connectivity index (χ0n) is 11.1. The van der Waals surface area contributed by atoms with E-state index in [2.05, 4.69) is 5.32 Å². The highest BCUT2D eigenvalue weighted by Gasteiger charge is 2.37. The Morgan fingerprint density at radius 3 is 2.33 bits per heavy atom. The summed E-state index contributed by atoms with van der Waals surface area (Å²) in [5, 5.41) is 3.02. The van der Waals surface area contributed by atoms with E-state index < -0.39 is 30.3 Å². The van der Waals surface area contributed by atoms with Gasteiger partial charge in [-0.25, -0.2) is 8.78 Å². The van der Waals surface area contributed by atoms with Crippen LogP contribution in [0.15, 0.2) is 18.2 Å². The first-order valence-electron chi connectivity index (χ1n) is 6.33. The molecule has 21 heavy (non-hydrogen) atoms. The molecule has 1 aliphatic rings. The van der Waals surface area contributed by atoms with E-state index >= 15 is 0 Å². The van der Waals surface area contributed by atoms with Crippen LogP contribution in [0.5, 0.6) is 0 Å². The Bertz CT molecular complexity index is 460. The lowest BCUT2D eigenvalue weighted by atomic mass is 10.00. The largest absolute Gasteiger partial charge is 0.390 e. The molecule has 1 aliphatic heterocycles. The van der Waals surface area contributed by atoms with Crippen LogP contribution in [0.25, 0.3) is 0 Å². The summed E-state index contributed by atoms with van der Waals surface area (Å²) >= 11 is 0. The molecule has 0 aromatic heterocycles. The van der Waals surface area contributed by atoms with Crippen molar-refractivity contribution < 1.29 is 22.0 Å². The van der Waals surface area contributed by atoms with Gasteiger partial charge in [0.2, 0.25) is 0 Å². The first-order chi connectivity index (χ1) is 9.37. The van der Waals surface area contributed by atoms with Crippen LogP contribution in [0.4, 0.5) is 22.0 Å². The van der Waals surface area contributed by atoms with Crippen molar-refractivity contribution in [2.24, 2.45) is 0 Å². The highest BCUT2D eigenvalue weighted by molar-refractivity contribution is 5.85. The average molecular weight is 331 g/mol. The molecule has 2 nitrogen and oxygen atoms in total. The molecule has 0 amide bonds. The molecular formula is C13H16ClF5N2. The minimum atomic E-state index is -4.44. The summed E-state index contributed by atoms with van der Waals surface area (Å²) in [5.74, 6) is -1.54. The van der Waals surface area contributed by atoms with Crippen molar-refractivity contribution in [1.29, 1.82) is 0 Å². The van der Waals surface area contributed by atoms with Gasteiger partial charge in [-0.1, -0.05) is 0 Å². The molecule has 1 heterocycles.